The molecule has 31 heavy (non-hydrogen) atoms. The first-order valence-corrected chi connectivity index (χ1v) is 10.3. The van der Waals surface area contributed by atoms with Crippen LogP contribution in [0.3, 0.4) is 0 Å². The lowest BCUT2D eigenvalue weighted by molar-refractivity contribution is -0.145. The van der Waals surface area contributed by atoms with E-state index in [0.717, 1.165) is 28.8 Å². The molecule has 1 amide bonds. The second kappa shape index (κ2) is 9.11. The van der Waals surface area contributed by atoms with Crippen molar-refractivity contribution in [2.24, 2.45) is 0 Å². The minimum atomic E-state index is -4.55. The van der Waals surface area contributed by atoms with Gasteiger partial charge in [0.2, 0.25) is 0 Å². The number of alkyl halides is 3. The van der Waals surface area contributed by atoms with E-state index in [-0.39, 0.29) is 27.1 Å². The SMILES string of the molecule is CCC(Oc1ccccc1/C=C1/SC(=S)N(c2cccc(C(F)(F)F)c2)C1=O)C(=O)O. The van der Waals surface area contributed by atoms with Gasteiger partial charge in [0, 0.05) is 5.56 Å². The molecule has 0 bridgehead atoms. The maximum absolute atomic E-state index is 13.0. The van der Waals surface area contributed by atoms with E-state index in [0.29, 0.717) is 5.56 Å². The van der Waals surface area contributed by atoms with Gasteiger partial charge in [0.1, 0.15) is 5.75 Å². The van der Waals surface area contributed by atoms with Gasteiger partial charge in [-0.3, -0.25) is 9.69 Å². The molecule has 1 aliphatic rings. The molecule has 0 radical (unpaired) electrons. The molecule has 5 nitrogen and oxygen atoms in total. The molecule has 1 unspecified atom stereocenters. The van der Waals surface area contributed by atoms with Gasteiger partial charge in [-0.2, -0.15) is 13.2 Å². The lowest BCUT2D eigenvalue weighted by Gasteiger charge is -2.16. The molecule has 2 aromatic carbocycles. The highest BCUT2D eigenvalue weighted by Gasteiger charge is 2.36. The number of nitrogens with zero attached hydrogens (tertiary/aromatic N) is 1. The maximum atomic E-state index is 13.0. The molecule has 0 saturated carbocycles. The number of carbonyl (C=O) groups excluding carboxylic acids is 1. The zero-order valence-corrected chi connectivity index (χ0v) is 17.7. The number of halogens is 3. The second-order valence-corrected chi connectivity index (χ2v) is 8.13. The Balaban J connectivity index is 1.93. The van der Waals surface area contributed by atoms with Crippen LogP contribution in [0.2, 0.25) is 0 Å². The quantitative estimate of drug-likeness (QED) is 0.456. The fraction of sp³-hybridized carbons (Fsp3) is 0.190. The minimum absolute atomic E-state index is 0.0159. The largest absolute Gasteiger partial charge is 0.479 e. The van der Waals surface area contributed by atoms with E-state index < -0.39 is 29.7 Å². The Morgan fingerprint density at radius 2 is 1.97 bits per heavy atom. The Morgan fingerprint density at radius 1 is 1.26 bits per heavy atom. The zero-order chi connectivity index (χ0) is 22.8. The van der Waals surface area contributed by atoms with E-state index in [9.17, 15) is 27.9 Å². The number of carboxylic acid groups (broad SMARTS) is 1. The summed E-state index contributed by atoms with van der Waals surface area (Å²) in [5, 5.41) is 9.22. The summed E-state index contributed by atoms with van der Waals surface area (Å²) in [5.41, 5.74) is -0.421. The molecular formula is C21H16F3NO4S2. The predicted octanol–water partition coefficient (Wildman–Crippen LogP) is 5.35. The van der Waals surface area contributed by atoms with Gasteiger partial charge in [0.05, 0.1) is 16.2 Å². The molecular weight excluding hydrogens is 451 g/mol. The first-order valence-electron chi connectivity index (χ1n) is 9.05. The molecule has 1 heterocycles. The third-order valence-corrected chi connectivity index (χ3v) is 5.65. The number of rotatable bonds is 6. The lowest BCUT2D eigenvalue weighted by Crippen LogP contribution is -2.27. The van der Waals surface area contributed by atoms with E-state index in [2.05, 4.69) is 0 Å². The van der Waals surface area contributed by atoms with Crippen molar-refractivity contribution < 1.29 is 32.6 Å². The fourth-order valence-electron chi connectivity index (χ4n) is 2.82. The van der Waals surface area contributed by atoms with Crippen LogP contribution in [0.25, 0.3) is 6.08 Å². The number of carbonyl (C=O) groups is 2. The van der Waals surface area contributed by atoms with E-state index in [1.54, 1.807) is 31.2 Å². The van der Waals surface area contributed by atoms with Crippen LogP contribution in [0.5, 0.6) is 5.75 Å². The van der Waals surface area contributed by atoms with Crippen LogP contribution in [0.1, 0.15) is 24.5 Å². The van der Waals surface area contributed by atoms with Crippen LogP contribution >= 0.6 is 24.0 Å². The van der Waals surface area contributed by atoms with E-state index in [1.807, 2.05) is 0 Å². The van der Waals surface area contributed by atoms with Crippen LogP contribution in [0.4, 0.5) is 18.9 Å². The predicted molar refractivity (Wildman–Crippen MR) is 116 cm³/mol. The molecule has 3 rings (SSSR count). The van der Waals surface area contributed by atoms with Crippen LogP contribution in [0.15, 0.2) is 53.4 Å². The average molecular weight is 467 g/mol. The highest BCUT2D eigenvalue weighted by molar-refractivity contribution is 8.27. The van der Waals surface area contributed by atoms with Gasteiger partial charge in [0.25, 0.3) is 5.91 Å². The summed E-state index contributed by atoms with van der Waals surface area (Å²) in [7, 11) is 0. The molecule has 1 N–H and O–H groups in total. The van der Waals surface area contributed by atoms with Gasteiger partial charge in [0.15, 0.2) is 10.4 Å². The van der Waals surface area contributed by atoms with Gasteiger partial charge in [-0.1, -0.05) is 55.2 Å². The van der Waals surface area contributed by atoms with Crippen LogP contribution in [-0.4, -0.2) is 27.4 Å². The molecule has 2 aromatic rings. The van der Waals surface area contributed by atoms with Gasteiger partial charge in [-0.25, -0.2) is 4.79 Å². The molecule has 0 aromatic heterocycles. The molecule has 0 spiro atoms. The molecule has 0 aliphatic carbocycles. The number of carboxylic acids is 1. The normalized spacial score (nSPS) is 16.6. The van der Waals surface area contributed by atoms with Crippen molar-refractivity contribution in [2.75, 3.05) is 4.90 Å². The van der Waals surface area contributed by atoms with Crippen LogP contribution in [0, 0.1) is 0 Å². The number of aliphatic carboxylic acids is 1. The Kier molecular flexibility index (Phi) is 6.71. The molecule has 1 aliphatic heterocycles. The van der Waals surface area contributed by atoms with Gasteiger partial charge in [-0.15, -0.1) is 0 Å². The van der Waals surface area contributed by atoms with Crippen molar-refractivity contribution in [3.8, 4) is 5.75 Å². The van der Waals surface area contributed by atoms with Gasteiger partial charge < -0.3 is 9.84 Å². The maximum Gasteiger partial charge on any atom is 0.416 e. The summed E-state index contributed by atoms with van der Waals surface area (Å²) >= 11 is 6.16. The molecule has 10 heteroatoms. The summed E-state index contributed by atoms with van der Waals surface area (Å²) in [6.07, 6.45) is -3.89. The lowest BCUT2D eigenvalue weighted by atomic mass is 10.1. The number of benzene rings is 2. The number of ether oxygens (including phenoxy) is 1. The topological polar surface area (TPSA) is 66.8 Å². The van der Waals surface area contributed by atoms with Gasteiger partial charge >= 0.3 is 12.1 Å². The summed E-state index contributed by atoms with van der Waals surface area (Å²) in [6, 6.07) is 10.9. The van der Waals surface area contributed by atoms with Crippen molar-refractivity contribution in [1.82, 2.24) is 0 Å². The average Bonchev–Trinajstić information content (AvgIpc) is 2.99. The monoisotopic (exact) mass is 467 g/mol. The highest BCUT2D eigenvalue weighted by Crippen LogP contribution is 2.39. The first kappa shape index (κ1) is 22.8. The molecule has 1 fully saturated rings. The third kappa shape index (κ3) is 5.08. The number of hydrogen-bond acceptors (Lipinski definition) is 5. The van der Waals surface area contributed by atoms with Crippen molar-refractivity contribution in [3.05, 3.63) is 64.6 Å². The molecule has 1 saturated heterocycles. The fourth-order valence-corrected chi connectivity index (χ4v) is 4.11. The number of anilines is 1. The van der Waals surface area contributed by atoms with E-state index in [4.69, 9.17) is 17.0 Å². The third-order valence-electron chi connectivity index (χ3n) is 4.35. The number of thioether (sulfide) groups is 1. The first-order chi connectivity index (χ1) is 14.6. The van der Waals surface area contributed by atoms with Crippen LogP contribution in [-0.2, 0) is 15.8 Å². The summed E-state index contributed by atoms with van der Waals surface area (Å²) in [4.78, 5) is 25.4. The Morgan fingerprint density at radius 3 is 2.61 bits per heavy atom. The number of amides is 1. The Bertz CT molecular complexity index is 1070. The van der Waals surface area contributed by atoms with Crippen molar-refractivity contribution in [3.63, 3.8) is 0 Å². The van der Waals surface area contributed by atoms with Crippen molar-refractivity contribution in [2.45, 2.75) is 25.6 Å². The second-order valence-electron chi connectivity index (χ2n) is 6.46. The summed E-state index contributed by atoms with van der Waals surface area (Å²) in [6.45, 7) is 1.67. The summed E-state index contributed by atoms with van der Waals surface area (Å²) < 4.78 is 44.8. The highest BCUT2D eigenvalue weighted by atomic mass is 32.2. The summed E-state index contributed by atoms with van der Waals surface area (Å²) in [5.74, 6) is -1.43. The van der Waals surface area contributed by atoms with E-state index in [1.165, 1.54) is 18.2 Å². The Labute approximate surface area is 185 Å². The van der Waals surface area contributed by atoms with E-state index >= 15 is 0 Å². The number of thiocarbonyl (C=S) groups is 1. The number of hydrogen-bond donors (Lipinski definition) is 1. The minimum Gasteiger partial charge on any atom is -0.479 e. The molecule has 162 valence electrons. The smallest absolute Gasteiger partial charge is 0.416 e. The number of para-hydroxylation sites is 1. The zero-order valence-electron chi connectivity index (χ0n) is 16.1. The van der Waals surface area contributed by atoms with Crippen molar-refractivity contribution >= 4 is 51.9 Å². The van der Waals surface area contributed by atoms with Crippen molar-refractivity contribution in [1.29, 1.82) is 0 Å². The molecule has 1 atom stereocenters. The standard InChI is InChI=1S/C21H16F3NO4S2/c1-2-15(19(27)28)29-16-9-4-3-6-12(16)10-17-18(26)25(20(30)31-17)14-8-5-7-13(11-14)21(22,23)24/h3-11,15H,2H2,1H3,(H,27,28)/b17-10+. The van der Waals surface area contributed by atoms with Crippen LogP contribution < -0.4 is 9.64 Å². The van der Waals surface area contributed by atoms with Gasteiger partial charge in [-0.05, 0) is 36.8 Å². The Hall–Kier alpha value is -2.85.